The Bertz CT molecular complexity index is 1130. The number of fused-ring (bicyclic) bond motifs is 2. The normalized spacial score (nSPS) is 23.0. The molecule has 0 bridgehead atoms. The lowest BCUT2D eigenvalue weighted by Crippen LogP contribution is -2.54. The maximum atomic E-state index is 13.1. The van der Waals surface area contributed by atoms with E-state index in [0.29, 0.717) is 30.2 Å². The maximum Gasteiger partial charge on any atom is 0.340 e. The minimum absolute atomic E-state index is 0.138. The van der Waals surface area contributed by atoms with Crippen molar-refractivity contribution >= 4 is 55.4 Å². The molecule has 2 saturated heterocycles. The number of benzene rings is 1. The zero-order valence-corrected chi connectivity index (χ0v) is 18.4. The molecule has 2 aromatic rings. The second-order valence-corrected chi connectivity index (χ2v) is 10.8. The topological polar surface area (TPSA) is 101 Å². The lowest BCUT2D eigenvalue weighted by molar-refractivity contribution is 0.132. The predicted molar refractivity (Wildman–Crippen MR) is 117 cm³/mol. The molecule has 0 radical (unpaired) electrons. The van der Waals surface area contributed by atoms with Crippen LogP contribution < -0.4 is 5.32 Å². The summed E-state index contributed by atoms with van der Waals surface area (Å²) in [6, 6.07) is 6.90. The number of carbonyl (C=O) groups is 1. The fourth-order valence-electron chi connectivity index (χ4n) is 3.92. The molecule has 30 heavy (non-hydrogen) atoms. The Hall–Kier alpha value is -1.79. The number of nitrogens with zero attached hydrogens (tertiary/aromatic N) is 4. The molecule has 2 N–H and O–H groups in total. The molecule has 0 aliphatic carbocycles. The standard InChI is InChI=1S/C18H21ClN6O3S2/c19-13-1-2-14-12(9-13)10-16(21-14)30(27,28)24-7-5-23(6-8-24)18(26)25-4-3-15-17(22-25)29-11-20-15/h1-2,9-10,15,20-21H,3-8,11H2. The van der Waals surface area contributed by atoms with E-state index in [1.54, 1.807) is 40.9 Å². The van der Waals surface area contributed by atoms with Gasteiger partial charge in [-0.15, -0.1) is 0 Å². The van der Waals surface area contributed by atoms with E-state index < -0.39 is 10.0 Å². The smallest absolute Gasteiger partial charge is 0.340 e. The summed E-state index contributed by atoms with van der Waals surface area (Å²) >= 11 is 7.63. The molecule has 1 atom stereocenters. The van der Waals surface area contributed by atoms with Crippen LogP contribution in [0, 0.1) is 0 Å². The molecule has 1 aromatic carbocycles. The Morgan fingerprint density at radius 1 is 1.17 bits per heavy atom. The largest absolute Gasteiger partial charge is 0.345 e. The van der Waals surface area contributed by atoms with Crippen LogP contribution >= 0.6 is 23.4 Å². The summed E-state index contributed by atoms with van der Waals surface area (Å²) in [4.78, 5) is 17.5. The quantitative estimate of drug-likeness (QED) is 0.701. The zero-order chi connectivity index (χ0) is 20.9. The Balaban J connectivity index is 1.27. The third-order valence-corrected chi connectivity index (χ3v) is 8.63. The van der Waals surface area contributed by atoms with Crippen molar-refractivity contribution in [2.24, 2.45) is 5.10 Å². The third-order valence-electron chi connectivity index (χ3n) is 5.60. The summed E-state index contributed by atoms with van der Waals surface area (Å²) in [7, 11) is -3.68. The molecule has 9 nitrogen and oxygen atoms in total. The summed E-state index contributed by atoms with van der Waals surface area (Å²) in [6.45, 7) is 1.72. The lowest BCUT2D eigenvalue weighted by atomic mass is 10.2. The van der Waals surface area contributed by atoms with Crippen LogP contribution in [0.3, 0.4) is 0 Å². The molecule has 12 heteroatoms. The monoisotopic (exact) mass is 468 g/mol. The number of amides is 2. The van der Waals surface area contributed by atoms with Crippen molar-refractivity contribution in [3.8, 4) is 0 Å². The van der Waals surface area contributed by atoms with Crippen LogP contribution in [0.2, 0.25) is 5.02 Å². The van der Waals surface area contributed by atoms with Crippen molar-refractivity contribution in [2.45, 2.75) is 17.5 Å². The first-order valence-corrected chi connectivity index (χ1v) is 12.5. The number of halogens is 1. The number of urea groups is 1. The Kier molecular flexibility index (Phi) is 5.18. The van der Waals surface area contributed by atoms with Crippen LogP contribution in [0.1, 0.15) is 6.42 Å². The first kappa shape index (κ1) is 20.1. The Morgan fingerprint density at radius 3 is 2.77 bits per heavy atom. The molecule has 0 spiro atoms. The van der Waals surface area contributed by atoms with Crippen molar-refractivity contribution in [3.05, 3.63) is 29.3 Å². The van der Waals surface area contributed by atoms with E-state index in [9.17, 15) is 13.2 Å². The van der Waals surface area contributed by atoms with Gasteiger partial charge in [-0.25, -0.2) is 18.2 Å². The van der Waals surface area contributed by atoms with Gasteiger partial charge in [-0.2, -0.15) is 9.41 Å². The molecule has 2 amide bonds. The number of hydrogen-bond donors (Lipinski definition) is 2. The van der Waals surface area contributed by atoms with Gasteiger partial charge in [0.25, 0.3) is 10.0 Å². The highest BCUT2D eigenvalue weighted by molar-refractivity contribution is 8.14. The van der Waals surface area contributed by atoms with E-state index in [4.69, 9.17) is 11.6 Å². The molecule has 1 aromatic heterocycles. The summed E-state index contributed by atoms with van der Waals surface area (Å²) < 4.78 is 27.5. The molecule has 4 heterocycles. The number of sulfonamides is 1. The highest BCUT2D eigenvalue weighted by Crippen LogP contribution is 2.26. The number of H-pyrrole nitrogens is 1. The highest BCUT2D eigenvalue weighted by atomic mass is 35.5. The molecule has 3 aliphatic rings. The number of aromatic amines is 1. The second kappa shape index (κ2) is 7.72. The van der Waals surface area contributed by atoms with Crippen molar-refractivity contribution in [1.29, 1.82) is 0 Å². The number of nitrogens with one attached hydrogen (secondary N) is 2. The van der Waals surface area contributed by atoms with Gasteiger partial charge in [0.05, 0.1) is 6.04 Å². The highest BCUT2D eigenvalue weighted by Gasteiger charge is 2.35. The van der Waals surface area contributed by atoms with Crippen molar-refractivity contribution in [2.75, 3.05) is 38.6 Å². The van der Waals surface area contributed by atoms with Crippen molar-refractivity contribution < 1.29 is 13.2 Å². The average Bonchev–Trinajstić information content (AvgIpc) is 3.39. The number of hydrazone groups is 1. The fourth-order valence-corrected chi connectivity index (χ4v) is 6.53. The van der Waals surface area contributed by atoms with Crippen LogP contribution in [0.4, 0.5) is 4.79 Å². The van der Waals surface area contributed by atoms with Crippen LogP contribution in [-0.2, 0) is 10.0 Å². The summed E-state index contributed by atoms with van der Waals surface area (Å²) in [6.07, 6.45) is 0.844. The molecular weight excluding hydrogens is 448 g/mol. The second-order valence-electron chi connectivity index (χ2n) is 7.43. The minimum Gasteiger partial charge on any atom is -0.345 e. The van der Waals surface area contributed by atoms with E-state index >= 15 is 0 Å². The molecule has 0 saturated carbocycles. The van der Waals surface area contributed by atoms with E-state index in [1.165, 1.54) is 9.31 Å². The Morgan fingerprint density at radius 2 is 1.97 bits per heavy atom. The number of piperazine rings is 1. The number of carbonyl (C=O) groups excluding carboxylic acids is 1. The van der Waals surface area contributed by atoms with Crippen LogP contribution in [0.25, 0.3) is 10.9 Å². The Labute approximate surface area is 183 Å². The molecule has 160 valence electrons. The molecule has 5 rings (SSSR count). The van der Waals surface area contributed by atoms with E-state index in [-0.39, 0.29) is 30.2 Å². The zero-order valence-electron chi connectivity index (χ0n) is 16.0. The predicted octanol–water partition coefficient (Wildman–Crippen LogP) is 1.93. The van der Waals surface area contributed by atoms with Gasteiger partial charge in [0.1, 0.15) is 10.1 Å². The van der Waals surface area contributed by atoms with Gasteiger partial charge in [0.2, 0.25) is 0 Å². The summed E-state index contributed by atoms with van der Waals surface area (Å²) in [5, 5.41) is 11.7. The van der Waals surface area contributed by atoms with Crippen LogP contribution in [-0.4, -0.2) is 83.3 Å². The third kappa shape index (κ3) is 3.58. The molecule has 3 aliphatic heterocycles. The van der Waals surface area contributed by atoms with E-state index in [1.807, 2.05) is 0 Å². The van der Waals surface area contributed by atoms with Crippen molar-refractivity contribution in [1.82, 2.24) is 24.5 Å². The SMILES string of the molecule is O=C(N1CCN(S(=O)(=O)c2cc3cc(Cl)ccc3[nH]2)CC1)N1CCC2NCSC2=N1. The number of rotatable bonds is 2. The van der Waals surface area contributed by atoms with E-state index in [2.05, 4.69) is 15.4 Å². The average molecular weight is 469 g/mol. The first-order chi connectivity index (χ1) is 14.4. The van der Waals surface area contributed by atoms with E-state index in [0.717, 1.165) is 22.7 Å². The maximum absolute atomic E-state index is 13.1. The summed E-state index contributed by atoms with van der Waals surface area (Å²) in [5.74, 6) is 0.821. The number of thioether (sulfide) groups is 1. The van der Waals surface area contributed by atoms with Gasteiger partial charge in [-0.3, -0.25) is 5.32 Å². The number of aromatic nitrogens is 1. The van der Waals surface area contributed by atoms with Gasteiger partial charge in [0.15, 0.2) is 0 Å². The van der Waals surface area contributed by atoms with Gasteiger partial charge in [0, 0.05) is 54.5 Å². The summed E-state index contributed by atoms with van der Waals surface area (Å²) in [5.41, 5.74) is 0.716. The van der Waals surface area contributed by atoms with Gasteiger partial charge >= 0.3 is 6.03 Å². The molecule has 2 fully saturated rings. The number of hydrogen-bond acceptors (Lipinski definition) is 6. The first-order valence-electron chi connectivity index (χ1n) is 9.71. The van der Waals surface area contributed by atoms with Crippen LogP contribution in [0.15, 0.2) is 34.4 Å². The fraction of sp³-hybridized carbons (Fsp3) is 0.444. The van der Waals surface area contributed by atoms with Gasteiger partial charge < -0.3 is 9.88 Å². The van der Waals surface area contributed by atoms with Crippen molar-refractivity contribution in [3.63, 3.8) is 0 Å². The minimum atomic E-state index is -3.68. The molecule has 1 unspecified atom stereocenters. The lowest BCUT2D eigenvalue weighted by Gasteiger charge is -2.36. The molecular formula is C18H21ClN6O3S2. The van der Waals surface area contributed by atoms with Crippen LogP contribution in [0.5, 0.6) is 0 Å². The van der Waals surface area contributed by atoms with Gasteiger partial charge in [-0.05, 0) is 30.7 Å². The van der Waals surface area contributed by atoms with Gasteiger partial charge in [-0.1, -0.05) is 23.4 Å².